The van der Waals surface area contributed by atoms with Gasteiger partial charge >= 0.3 is 5.97 Å². The largest absolute Gasteiger partial charge is 0.452 e. The van der Waals surface area contributed by atoms with Crippen LogP contribution in [0, 0.1) is 6.92 Å². The van der Waals surface area contributed by atoms with Gasteiger partial charge in [-0.2, -0.15) is 4.31 Å². The third-order valence-electron chi connectivity index (χ3n) is 4.08. The lowest BCUT2D eigenvalue weighted by Crippen LogP contribution is -2.51. The molecule has 0 aromatic heterocycles. The maximum absolute atomic E-state index is 12.6. The highest BCUT2D eigenvalue weighted by atomic mass is 32.2. The fraction of sp³-hybridized carbons (Fsp3) is 0.444. The molecule has 0 atom stereocenters. The average Bonchev–Trinajstić information content (AvgIpc) is 2.64. The van der Waals surface area contributed by atoms with Crippen molar-refractivity contribution >= 4 is 21.9 Å². The first-order chi connectivity index (χ1) is 12.3. The van der Waals surface area contributed by atoms with Crippen LogP contribution < -0.4 is 0 Å². The highest BCUT2D eigenvalue weighted by Crippen LogP contribution is 2.18. The second-order valence-electron chi connectivity index (χ2n) is 6.02. The Bertz CT molecular complexity index is 763. The van der Waals surface area contributed by atoms with Crippen molar-refractivity contribution in [1.82, 2.24) is 9.21 Å². The summed E-state index contributed by atoms with van der Waals surface area (Å²) in [6.45, 7) is 4.41. The fourth-order valence-corrected chi connectivity index (χ4v) is 3.95. The molecular weight excluding hydrogens is 356 g/mol. The summed E-state index contributed by atoms with van der Waals surface area (Å²) in [5.74, 6) is -0.878. The number of nitrogens with zero attached hydrogens (tertiary/aromatic N) is 2. The van der Waals surface area contributed by atoms with E-state index in [-0.39, 0.29) is 43.6 Å². The third kappa shape index (κ3) is 5.15. The van der Waals surface area contributed by atoms with Crippen LogP contribution in [0.15, 0.2) is 41.3 Å². The second-order valence-corrected chi connectivity index (χ2v) is 7.95. The van der Waals surface area contributed by atoms with Crippen LogP contribution in [0.25, 0.3) is 0 Å². The summed E-state index contributed by atoms with van der Waals surface area (Å²) in [5, 5.41) is 0. The van der Waals surface area contributed by atoms with Gasteiger partial charge in [0.1, 0.15) is 0 Å². The van der Waals surface area contributed by atoms with E-state index < -0.39 is 16.0 Å². The Morgan fingerprint density at radius 3 is 2.31 bits per heavy atom. The first-order valence-corrected chi connectivity index (χ1v) is 9.96. The van der Waals surface area contributed by atoms with Crippen molar-refractivity contribution in [1.29, 1.82) is 0 Å². The quantitative estimate of drug-likeness (QED) is 0.549. The number of carbonyl (C=O) groups is 2. The molecule has 0 spiro atoms. The van der Waals surface area contributed by atoms with Gasteiger partial charge in [-0.1, -0.05) is 30.7 Å². The molecule has 7 nitrogen and oxygen atoms in total. The molecule has 1 saturated heterocycles. The van der Waals surface area contributed by atoms with E-state index in [4.69, 9.17) is 4.74 Å². The molecule has 8 heteroatoms. The Hall–Kier alpha value is -2.19. The van der Waals surface area contributed by atoms with E-state index in [1.54, 1.807) is 30.3 Å². The SMILES string of the molecule is CC/C=C/C(=O)OCC(=O)N1CCN(S(=O)(=O)c2ccc(C)cc2)CC1. The van der Waals surface area contributed by atoms with Crippen molar-refractivity contribution < 1.29 is 22.7 Å². The van der Waals surface area contributed by atoms with Crippen molar-refractivity contribution in [2.75, 3.05) is 32.8 Å². The van der Waals surface area contributed by atoms with Gasteiger partial charge in [0, 0.05) is 32.3 Å². The molecular formula is C18H24N2O5S. The van der Waals surface area contributed by atoms with Crippen molar-refractivity contribution in [2.24, 2.45) is 0 Å². The number of hydrogen-bond acceptors (Lipinski definition) is 5. The monoisotopic (exact) mass is 380 g/mol. The Morgan fingerprint density at radius 1 is 1.12 bits per heavy atom. The fourth-order valence-electron chi connectivity index (χ4n) is 2.52. The maximum atomic E-state index is 12.6. The lowest BCUT2D eigenvalue weighted by molar-refractivity contribution is -0.148. The van der Waals surface area contributed by atoms with Gasteiger partial charge in [-0.05, 0) is 25.5 Å². The summed E-state index contributed by atoms with van der Waals surface area (Å²) in [6, 6.07) is 6.69. The van der Waals surface area contributed by atoms with Crippen molar-refractivity contribution in [3.05, 3.63) is 42.0 Å². The standard InChI is InChI=1S/C18H24N2O5S/c1-3-4-5-18(22)25-14-17(21)19-10-12-20(13-11-19)26(23,24)16-8-6-15(2)7-9-16/h4-9H,3,10-14H2,1-2H3/b5-4+. The third-order valence-corrected chi connectivity index (χ3v) is 5.99. The molecule has 1 aliphatic heterocycles. The molecule has 1 amide bonds. The molecule has 2 rings (SSSR count). The number of carbonyl (C=O) groups excluding carboxylic acids is 2. The number of hydrogen-bond donors (Lipinski definition) is 0. The van der Waals surface area contributed by atoms with Crippen LogP contribution in [-0.2, 0) is 24.3 Å². The molecule has 0 N–H and O–H groups in total. The van der Waals surface area contributed by atoms with Crippen molar-refractivity contribution in [2.45, 2.75) is 25.2 Å². The lowest BCUT2D eigenvalue weighted by atomic mass is 10.2. The summed E-state index contributed by atoms with van der Waals surface area (Å²) in [4.78, 5) is 25.2. The van der Waals surface area contributed by atoms with Gasteiger partial charge in [0.25, 0.3) is 5.91 Å². The van der Waals surface area contributed by atoms with Gasteiger partial charge in [0.15, 0.2) is 6.61 Å². The van der Waals surface area contributed by atoms with Gasteiger partial charge in [-0.3, -0.25) is 4.79 Å². The maximum Gasteiger partial charge on any atom is 0.330 e. The zero-order valence-corrected chi connectivity index (χ0v) is 15.9. The van der Waals surface area contributed by atoms with Crippen LogP contribution in [0.5, 0.6) is 0 Å². The average molecular weight is 380 g/mol. The van der Waals surface area contributed by atoms with Gasteiger partial charge in [0.2, 0.25) is 10.0 Å². The number of benzene rings is 1. The lowest BCUT2D eigenvalue weighted by Gasteiger charge is -2.33. The van der Waals surface area contributed by atoms with Gasteiger partial charge in [-0.15, -0.1) is 0 Å². The highest BCUT2D eigenvalue weighted by molar-refractivity contribution is 7.89. The van der Waals surface area contributed by atoms with Crippen molar-refractivity contribution in [3.8, 4) is 0 Å². The minimum atomic E-state index is -3.56. The summed E-state index contributed by atoms with van der Waals surface area (Å²) in [5.41, 5.74) is 0.989. The van der Waals surface area contributed by atoms with Gasteiger partial charge < -0.3 is 9.64 Å². The minimum Gasteiger partial charge on any atom is -0.452 e. The van der Waals surface area contributed by atoms with E-state index in [0.717, 1.165) is 5.56 Å². The smallest absolute Gasteiger partial charge is 0.330 e. The summed E-state index contributed by atoms with van der Waals surface area (Å²) >= 11 is 0. The number of sulfonamides is 1. The number of rotatable bonds is 6. The van der Waals surface area contributed by atoms with Crippen molar-refractivity contribution in [3.63, 3.8) is 0 Å². The number of ether oxygens (including phenoxy) is 1. The Kier molecular flexibility index (Phi) is 6.93. The molecule has 1 fully saturated rings. The minimum absolute atomic E-state index is 0.214. The van der Waals surface area contributed by atoms with E-state index in [1.807, 2.05) is 13.8 Å². The molecule has 0 unspecified atom stereocenters. The van der Waals surface area contributed by atoms with E-state index >= 15 is 0 Å². The topological polar surface area (TPSA) is 84.0 Å². The Morgan fingerprint density at radius 2 is 1.73 bits per heavy atom. The molecule has 1 aliphatic rings. The molecule has 0 aliphatic carbocycles. The summed E-state index contributed by atoms with van der Waals surface area (Å²) < 4.78 is 31.5. The predicted molar refractivity (Wildman–Crippen MR) is 96.9 cm³/mol. The molecule has 0 bridgehead atoms. The highest BCUT2D eigenvalue weighted by Gasteiger charge is 2.30. The first-order valence-electron chi connectivity index (χ1n) is 8.52. The second kappa shape index (κ2) is 8.95. The number of esters is 1. The number of aryl methyl sites for hydroxylation is 1. The Balaban J connectivity index is 1.88. The van der Waals surface area contributed by atoms with Gasteiger partial charge in [-0.25, -0.2) is 13.2 Å². The van der Waals surface area contributed by atoms with E-state index in [9.17, 15) is 18.0 Å². The molecule has 142 valence electrons. The van der Waals surface area contributed by atoms with E-state index in [0.29, 0.717) is 6.42 Å². The first kappa shape index (κ1) is 20.1. The Labute approximate surface area is 154 Å². The molecule has 0 saturated carbocycles. The van der Waals surface area contributed by atoms with Crippen LogP contribution >= 0.6 is 0 Å². The van der Waals surface area contributed by atoms with E-state index in [2.05, 4.69) is 0 Å². The van der Waals surface area contributed by atoms with E-state index in [1.165, 1.54) is 15.3 Å². The number of piperazine rings is 1. The predicted octanol–water partition coefficient (Wildman–Crippen LogP) is 1.34. The molecule has 1 aromatic carbocycles. The van der Waals surface area contributed by atoms with Crippen LogP contribution in [0.4, 0.5) is 0 Å². The van der Waals surface area contributed by atoms with Crippen LogP contribution in [-0.4, -0.2) is 62.3 Å². The molecule has 1 aromatic rings. The van der Waals surface area contributed by atoms with Gasteiger partial charge in [0.05, 0.1) is 4.90 Å². The number of allylic oxidation sites excluding steroid dienone is 1. The number of amides is 1. The van der Waals surface area contributed by atoms with Crippen LogP contribution in [0.2, 0.25) is 0 Å². The molecule has 0 radical (unpaired) electrons. The summed E-state index contributed by atoms with van der Waals surface area (Å²) in [6.07, 6.45) is 3.65. The zero-order valence-electron chi connectivity index (χ0n) is 15.1. The molecule has 26 heavy (non-hydrogen) atoms. The zero-order chi connectivity index (χ0) is 19.2. The summed E-state index contributed by atoms with van der Waals surface area (Å²) in [7, 11) is -3.56. The van der Waals surface area contributed by atoms with Crippen LogP contribution in [0.1, 0.15) is 18.9 Å². The van der Waals surface area contributed by atoms with Crippen LogP contribution in [0.3, 0.4) is 0 Å². The molecule has 1 heterocycles. The normalized spacial score (nSPS) is 16.0.